The smallest absolute Gasteiger partial charge is 0.144 e. The van der Waals surface area contributed by atoms with Crippen LogP contribution in [0.5, 0.6) is 0 Å². The summed E-state index contributed by atoms with van der Waals surface area (Å²) in [4.78, 5) is 4.41. The van der Waals surface area contributed by atoms with E-state index in [1.165, 1.54) is 0 Å². The molecule has 5 nitrogen and oxygen atoms in total. The molecule has 1 aromatic rings. The van der Waals surface area contributed by atoms with Crippen molar-refractivity contribution in [3.63, 3.8) is 0 Å². The first kappa shape index (κ1) is 12.5. The molecule has 2 rings (SSSR count). The third-order valence-corrected chi connectivity index (χ3v) is 3.63. The molecule has 0 radical (unpaired) electrons. The van der Waals surface area contributed by atoms with Gasteiger partial charge in [-0.1, -0.05) is 6.92 Å². The van der Waals surface area contributed by atoms with Gasteiger partial charge in [-0.2, -0.15) is 5.10 Å². The van der Waals surface area contributed by atoms with Crippen LogP contribution in [-0.2, 0) is 11.3 Å². The van der Waals surface area contributed by atoms with Crippen LogP contribution in [0.1, 0.15) is 38.6 Å². The fourth-order valence-corrected chi connectivity index (χ4v) is 2.76. The quantitative estimate of drug-likeness (QED) is 0.842. The molecule has 96 valence electrons. The van der Waals surface area contributed by atoms with Gasteiger partial charge >= 0.3 is 0 Å². The fourth-order valence-electron chi connectivity index (χ4n) is 2.76. The highest BCUT2D eigenvalue weighted by Crippen LogP contribution is 2.33. The summed E-state index contributed by atoms with van der Waals surface area (Å²) in [5.41, 5.74) is 0. The van der Waals surface area contributed by atoms with Crippen LogP contribution in [0.4, 0.5) is 0 Å². The topological polar surface area (TPSA) is 52.0 Å². The van der Waals surface area contributed by atoms with Crippen molar-refractivity contribution in [1.29, 1.82) is 0 Å². The maximum atomic E-state index is 5.77. The Balaban J connectivity index is 2.21. The molecule has 0 amide bonds. The van der Waals surface area contributed by atoms with Gasteiger partial charge in [-0.15, -0.1) is 0 Å². The van der Waals surface area contributed by atoms with Crippen molar-refractivity contribution >= 4 is 0 Å². The Kier molecular flexibility index (Phi) is 4.12. The van der Waals surface area contributed by atoms with Gasteiger partial charge in [0.15, 0.2) is 0 Å². The third-order valence-electron chi connectivity index (χ3n) is 3.63. The van der Waals surface area contributed by atoms with Gasteiger partial charge in [0.2, 0.25) is 0 Å². The first-order chi connectivity index (χ1) is 8.31. The van der Waals surface area contributed by atoms with Crippen molar-refractivity contribution in [3.8, 4) is 0 Å². The van der Waals surface area contributed by atoms with Crippen molar-refractivity contribution in [3.05, 3.63) is 12.2 Å². The van der Waals surface area contributed by atoms with E-state index in [0.29, 0.717) is 12.0 Å². The average molecular weight is 238 g/mol. The molecule has 1 aromatic heterocycles. The summed E-state index contributed by atoms with van der Waals surface area (Å²) in [6, 6.07) is 0.241. The van der Waals surface area contributed by atoms with Crippen LogP contribution in [0, 0.1) is 5.92 Å². The lowest BCUT2D eigenvalue weighted by atomic mass is 9.90. The van der Waals surface area contributed by atoms with Gasteiger partial charge in [-0.25, -0.2) is 9.67 Å². The van der Waals surface area contributed by atoms with E-state index in [1.54, 1.807) is 6.33 Å². The predicted molar refractivity (Wildman–Crippen MR) is 65.6 cm³/mol. The maximum Gasteiger partial charge on any atom is 0.144 e. The maximum absolute atomic E-state index is 5.77. The van der Waals surface area contributed by atoms with Crippen molar-refractivity contribution < 1.29 is 4.74 Å². The Morgan fingerprint density at radius 1 is 1.59 bits per heavy atom. The molecular formula is C12H22N4O. The molecule has 0 saturated carbocycles. The zero-order chi connectivity index (χ0) is 12.3. The molecule has 17 heavy (non-hydrogen) atoms. The highest BCUT2D eigenvalue weighted by atomic mass is 16.5. The predicted octanol–water partition coefficient (Wildman–Crippen LogP) is 1.37. The highest BCUT2D eigenvalue weighted by Gasteiger charge is 2.35. The first-order valence-electron chi connectivity index (χ1n) is 6.48. The molecule has 1 aliphatic rings. The Labute approximate surface area is 103 Å². The second kappa shape index (κ2) is 5.60. The van der Waals surface area contributed by atoms with E-state index >= 15 is 0 Å². The van der Waals surface area contributed by atoms with E-state index in [-0.39, 0.29) is 6.04 Å². The molecule has 5 heteroatoms. The minimum atomic E-state index is 0.241. The standard InChI is InChI=1S/C12H22N4O/c1-4-10-9(6-7-17-10)11(13-3)12-14-8-15-16(12)5-2/h8-11,13H,4-7H2,1-3H3. The Morgan fingerprint density at radius 2 is 2.41 bits per heavy atom. The zero-order valence-corrected chi connectivity index (χ0v) is 10.9. The summed E-state index contributed by atoms with van der Waals surface area (Å²) in [7, 11) is 1.99. The number of nitrogens with zero attached hydrogens (tertiary/aromatic N) is 3. The second-order valence-corrected chi connectivity index (χ2v) is 4.47. The van der Waals surface area contributed by atoms with Crippen molar-refractivity contribution in [2.24, 2.45) is 5.92 Å². The number of nitrogens with one attached hydrogen (secondary N) is 1. The molecule has 0 bridgehead atoms. The minimum Gasteiger partial charge on any atom is -0.378 e. The van der Waals surface area contributed by atoms with E-state index in [0.717, 1.165) is 31.8 Å². The number of ether oxygens (including phenoxy) is 1. The molecule has 0 aliphatic carbocycles. The third kappa shape index (κ3) is 2.35. The number of aromatic nitrogens is 3. The molecule has 3 unspecified atom stereocenters. The zero-order valence-electron chi connectivity index (χ0n) is 10.9. The lowest BCUT2D eigenvalue weighted by molar-refractivity contribution is 0.0768. The van der Waals surface area contributed by atoms with Crippen LogP contribution in [0.15, 0.2) is 6.33 Å². The minimum absolute atomic E-state index is 0.241. The monoisotopic (exact) mass is 238 g/mol. The SMILES string of the molecule is CCC1OCCC1C(NC)c1ncnn1CC. The lowest BCUT2D eigenvalue weighted by Crippen LogP contribution is -2.33. The van der Waals surface area contributed by atoms with E-state index in [2.05, 4.69) is 29.2 Å². The van der Waals surface area contributed by atoms with Crippen LogP contribution in [-0.4, -0.2) is 34.5 Å². The van der Waals surface area contributed by atoms with Crippen LogP contribution >= 0.6 is 0 Å². The van der Waals surface area contributed by atoms with Gasteiger partial charge in [-0.3, -0.25) is 0 Å². The molecule has 2 heterocycles. The number of aryl methyl sites for hydroxylation is 1. The molecule has 1 aliphatic heterocycles. The van der Waals surface area contributed by atoms with Gasteiger partial charge in [-0.05, 0) is 26.8 Å². The van der Waals surface area contributed by atoms with Crippen molar-refractivity contribution in [1.82, 2.24) is 20.1 Å². The van der Waals surface area contributed by atoms with E-state index in [9.17, 15) is 0 Å². The molecule has 1 N–H and O–H groups in total. The number of hydrogen-bond donors (Lipinski definition) is 1. The van der Waals surface area contributed by atoms with Crippen LogP contribution in [0.25, 0.3) is 0 Å². The molecule has 1 saturated heterocycles. The molecule has 3 atom stereocenters. The average Bonchev–Trinajstić information content (AvgIpc) is 2.98. The fraction of sp³-hybridized carbons (Fsp3) is 0.833. The van der Waals surface area contributed by atoms with Crippen LogP contribution in [0.3, 0.4) is 0 Å². The largest absolute Gasteiger partial charge is 0.378 e. The van der Waals surface area contributed by atoms with Gasteiger partial charge in [0.25, 0.3) is 0 Å². The van der Waals surface area contributed by atoms with Crippen molar-refractivity contribution in [2.45, 2.75) is 45.4 Å². The van der Waals surface area contributed by atoms with Gasteiger partial charge in [0.05, 0.1) is 12.1 Å². The Hall–Kier alpha value is -0.940. The summed E-state index contributed by atoms with van der Waals surface area (Å²) < 4.78 is 7.74. The molecule has 1 fully saturated rings. The van der Waals surface area contributed by atoms with E-state index in [1.807, 2.05) is 11.7 Å². The summed E-state index contributed by atoms with van der Waals surface area (Å²) in [6.45, 7) is 5.99. The van der Waals surface area contributed by atoms with Crippen molar-refractivity contribution in [2.75, 3.05) is 13.7 Å². The Morgan fingerprint density at radius 3 is 3.06 bits per heavy atom. The highest BCUT2D eigenvalue weighted by molar-refractivity contribution is 5.00. The van der Waals surface area contributed by atoms with Crippen LogP contribution in [0.2, 0.25) is 0 Å². The van der Waals surface area contributed by atoms with Gasteiger partial charge in [0, 0.05) is 19.1 Å². The summed E-state index contributed by atoms with van der Waals surface area (Å²) in [5.74, 6) is 1.53. The Bertz CT molecular complexity index is 352. The molecule has 0 aromatic carbocycles. The number of hydrogen-bond acceptors (Lipinski definition) is 4. The molecular weight excluding hydrogens is 216 g/mol. The lowest BCUT2D eigenvalue weighted by Gasteiger charge is -2.26. The summed E-state index contributed by atoms with van der Waals surface area (Å²) in [5, 5.41) is 7.63. The second-order valence-electron chi connectivity index (χ2n) is 4.47. The summed E-state index contributed by atoms with van der Waals surface area (Å²) >= 11 is 0. The van der Waals surface area contributed by atoms with Crippen LogP contribution < -0.4 is 5.32 Å². The van der Waals surface area contributed by atoms with E-state index < -0.39 is 0 Å². The van der Waals surface area contributed by atoms with Gasteiger partial charge in [0.1, 0.15) is 12.2 Å². The molecule has 0 spiro atoms. The van der Waals surface area contributed by atoms with E-state index in [4.69, 9.17) is 4.74 Å². The summed E-state index contributed by atoms with van der Waals surface area (Å²) in [6.07, 6.45) is 4.14. The normalized spacial score (nSPS) is 26.3. The van der Waals surface area contributed by atoms with Gasteiger partial charge < -0.3 is 10.1 Å². The first-order valence-corrected chi connectivity index (χ1v) is 6.48. The number of rotatable bonds is 5.